The van der Waals surface area contributed by atoms with Crippen LogP contribution in [-0.2, 0) is 0 Å². The SMILES string of the molecule is CN(C(=O)c1ccc(Cl)cc1Cl)c1ccc(F)cc1. The molecule has 1 amide bonds. The van der Waals surface area contributed by atoms with Gasteiger partial charge < -0.3 is 4.90 Å². The number of amides is 1. The van der Waals surface area contributed by atoms with Crippen LogP contribution in [0.3, 0.4) is 0 Å². The molecule has 0 aliphatic carbocycles. The Bertz CT molecular complexity index is 613. The van der Waals surface area contributed by atoms with Crippen LogP contribution in [0.25, 0.3) is 0 Å². The lowest BCUT2D eigenvalue weighted by atomic mass is 10.2. The molecule has 0 aromatic heterocycles. The van der Waals surface area contributed by atoms with Crippen LogP contribution >= 0.6 is 23.2 Å². The highest BCUT2D eigenvalue weighted by atomic mass is 35.5. The monoisotopic (exact) mass is 297 g/mol. The second-order valence-electron chi connectivity index (χ2n) is 3.96. The Morgan fingerprint density at radius 3 is 2.32 bits per heavy atom. The summed E-state index contributed by atoms with van der Waals surface area (Å²) in [6.45, 7) is 0. The molecule has 2 nitrogen and oxygen atoms in total. The highest BCUT2D eigenvalue weighted by Crippen LogP contribution is 2.24. The van der Waals surface area contributed by atoms with Crippen molar-refractivity contribution in [1.82, 2.24) is 0 Å². The first-order valence-electron chi connectivity index (χ1n) is 5.47. The fourth-order valence-electron chi connectivity index (χ4n) is 1.63. The number of carbonyl (C=O) groups is 1. The zero-order valence-electron chi connectivity index (χ0n) is 10.0. The van der Waals surface area contributed by atoms with Gasteiger partial charge in [0.1, 0.15) is 5.82 Å². The first kappa shape index (κ1) is 13.8. The number of halogens is 3. The number of carbonyl (C=O) groups excluding carboxylic acids is 1. The fraction of sp³-hybridized carbons (Fsp3) is 0.0714. The van der Waals surface area contributed by atoms with Gasteiger partial charge in [0.15, 0.2) is 0 Å². The van der Waals surface area contributed by atoms with E-state index < -0.39 is 0 Å². The van der Waals surface area contributed by atoms with Crippen molar-refractivity contribution < 1.29 is 9.18 Å². The van der Waals surface area contributed by atoms with Crippen molar-refractivity contribution in [2.75, 3.05) is 11.9 Å². The zero-order chi connectivity index (χ0) is 14.0. The molecule has 2 aromatic carbocycles. The Morgan fingerprint density at radius 1 is 1.11 bits per heavy atom. The summed E-state index contributed by atoms with van der Waals surface area (Å²) in [5.41, 5.74) is 0.926. The highest BCUT2D eigenvalue weighted by Gasteiger charge is 2.16. The molecule has 0 unspecified atom stereocenters. The molecule has 0 heterocycles. The fourth-order valence-corrected chi connectivity index (χ4v) is 2.11. The molecular formula is C14H10Cl2FNO. The van der Waals surface area contributed by atoms with Crippen LogP contribution < -0.4 is 4.90 Å². The van der Waals surface area contributed by atoms with Gasteiger partial charge >= 0.3 is 0 Å². The molecule has 0 aliphatic rings. The molecule has 0 atom stereocenters. The van der Waals surface area contributed by atoms with Crippen molar-refractivity contribution in [2.24, 2.45) is 0 Å². The van der Waals surface area contributed by atoms with E-state index in [0.717, 1.165) is 0 Å². The van der Waals surface area contributed by atoms with Gasteiger partial charge in [0, 0.05) is 17.8 Å². The minimum atomic E-state index is -0.353. The summed E-state index contributed by atoms with van der Waals surface area (Å²) in [5, 5.41) is 0.748. The molecule has 98 valence electrons. The minimum Gasteiger partial charge on any atom is -0.311 e. The average Bonchev–Trinajstić information content (AvgIpc) is 2.38. The maximum atomic E-state index is 12.8. The van der Waals surface area contributed by atoms with Crippen molar-refractivity contribution >= 4 is 34.8 Å². The normalized spacial score (nSPS) is 10.3. The molecule has 2 rings (SSSR count). The molecule has 0 saturated carbocycles. The topological polar surface area (TPSA) is 20.3 Å². The lowest BCUT2D eigenvalue weighted by molar-refractivity contribution is 0.0993. The zero-order valence-corrected chi connectivity index (χ0v) is 11.5. The van der Waals surface area contributed by atoms with Gasteiger partial charge in [-0.05, 0) is 42.5 Å². The smallest absolute Gasteiger partial charge is 0.259 e. The van der Waals surface area contributed by atoms with Crippen molar-refractivity contribution in [3.8, 4) is 0 Å². The molecule has 0 saturated heterocycles. The van der Waals surface area contributed by atoms with E-state index in [1.54, 1.807) is 19.2 Å². The molecule has 19 heavy (non-hydrogen) atoms. The summed E-state index contributed by atoms with van der Waals surface area (Å²) in [5.74, 6) is -0.637. The van der Waals surface area contributed by atoms with Gasteiger partial charge in [0.25, 0.3) is 5.91 Å². The number of hydrogen-bond acceptors (Lipinski definition) is 1. The third-order valence-corrected chi connectivity index (χ3v) is 3.23. The van der Waals surface area contributed by atoms with E-state index in [1.807, 2.05) is 0 Å². The van der Waals surface area contributed by atoms with Gasteiger partial charge in [-0.15, -0.1) is 0 Å². The summed E-state index contributed by atoms with van der Waals surface area (Å²) in [6, 6.07) is 10.3. The number of nitrogens with zero attached hydrogens (tertiary/aromatic N) is 1. The quantitative estimate of drug-likeness (QED) is 0.804. The summed E-state index contributed by atoms with van der Waals surface area (Å²) in [7, 11) is 1.60. The molecule has 0 spiro atoms. The predicted octanol–water partition coefficient (Wildman–Crippen LogP) is 4.41. The van der Waals surface area contributed by atoms with Crippen molar-refractivity contribution in [3.05, 3.63) is 63.9 Å². The average molecular weight is 298 g/mol. The van der Waals surface area contributed by atoms with E-state index in [9.17, 15) is 9.18 Å². The molecular weight excluding hydrogens is 288 g/mol. The molecule has 5 heteroatoms. The summed E-state index contributed by atoms with van der Waals surface area (Å²) in [4.78, 5) is 13.7. The second kappa shape index (κ2) is 5.59. The largest absolute Gasteiger partial charge is 0.311 e. The Hall–Kier alpha value is -1.58. The number of benzene rings is 2. The Morgan fingerprint density at radius 2 is 1.74 bits per heavy atom. The van der Waals surface area contributed by atoms with Crippen LogP contribution in [0.1, 0.15) is 10.4 Å². The number of hydrogen-bond donors (Lipinski definition) is 0. The van der Waals surface area contributed by atoms with Crippen LogP contribution in [0.5, 0.6) is 0 Å². The van der Waals surface area contributed by atoms with Crippen molar-refractivity contribution in [1.29, 1.82) is 0 Å². The molecule has 0 radical (unpaired) electrons. The van der Waals surface area contributed by atoms with E-state index >= 15 is 0 Å². The van der Waals surface area contributed by atoms with Gasteiger partial charge in [-0.1, -0.05) is 23.2 Å². The predicted molar refractivity (Wildman–Crippen MR) is 75.6 cm³/mol. The maximum absolute atomic E-state index is 12.8. The van der Waals surface area contributed by atoms with Crippen LogP contribution in [0.15, 0.2) is 42.5 Å². The van der Waals surface area contributed by atoms with Gasteiger partial charge in [-0.2, -0.15) is 0 Å². The van der Waals surface area contributed by atoms with Crippen molar-refractivity contribution in [2.45, 2.75) is 0 Å². The lowest BCUT2D eigenvalue weighted by Gasteiger charge is -2.18. The summed E-state index contributed by atoms with van der Waals surface area (Å²) in [6.07, 6.45) is 0. The molecule has 2 aromatic rings. The van der Waals surface area contributed by atoms with Crippen LogP contribution in [0.2, 0.25) is 10.0 Å². The van der Waals surface area contributed by atoms with Gasteiger partial charge in [-0.3, -0.25) is 4.79 Å². The summed E-state index contributed by atoms with van der Waals surface area (Å²) >= 11 is 11.8. The van der Waals surface area contributed by atoms with E-state index in [1.165, 1.54) is 35.2 Å². The van der Waals surface area contributed by atoms with Crippen LogP contribution in [0.4, 0.5) is 10.1 Å². The standard InChI is InChI=1S/C14H10Cl2FNO/c1-18(11-5-3-10(17)4-6-11)14(19)12-7-2-9(15)8-13(12)16/h2-8H,1H3. The molecule has 0 N–H and O–H groups in total. The Kier molecular flexibility index (Phi) is 4.08. The second-order valence-corrected chi connectivity index (χ2v) is 4.81. The van der Waals surface area contributed by atoms with E-state index in [0.29, 0.717) is 16.3 Å². The first-order chi connectivity index (χ1) is 8.99. The Balaban J connectivity index is 2.30. The van der Waals surface area contributed by atoms with Crippen molar-refractivity contribution in [3.63, 3.8) is 0 Å². The van der Waals surface area contributed by atoms with E-state index in [4.69, 9.17) is 23.2 Å². The first-order valence-corrected chi connectivity index (χ1v) is 6.23. The summed E-state index contributed by atoms with van der Waals surface area (Å²) < 4.78 is 12.8. The Labute approximate surface area is 120 Å². The van der Waals surface area contributed by atoms with Gasteiger partial charge in [0.2, 0.25) is 0 Å². The number of rotatable bonds is 2. The highest BCUT2D eigenvalue weighted by molar-refractivity contribution is 6.37. The van der Waals surface area contributed by atoms with Crippen LogP contribution in [0, 0.1) is 5.82 Å². The molecule has 0 bridgehead atoms. The third-order valence-electron chi connectivity index (χ3n) is 2.68. The maximum Gasteiger partial charge on any atom is 0.259 e. The van der Waals surface area contributed by atoms with Gasteiger partial charge in [-0.25, -0.2) is 4.39 Å². The van der Waals surface area contributed by atoms with Gasteiger partial charge in [0.05, 0.1) is 10.6 Å². The molecule has 0 aliphatic heterocycles. The van der Waals surface area contributed by atoms with Crippen LogP contribution in [-0.4, -0.2) is 13.0 Å². The van der Waals surface area contributed by atoms with E-state index in [-0.39, 0.29) is 16.7 Å². The third kappa shape index (κ3) is 3.06. The van der Waals surface area contributed by atoms with E-state index in [2.05, 4.69) is 0 Å². The number of anilines is 1. The minimum absolute atomic E-state index is 0.284. The molecule has 0 fully saturated rings. The lowest BCUT2D eigenvalue weighted by Crippen LogP contribution is -2.26.